The highest BCUT2D eigenvalue weighted by Crippen LogP contribution is 2.15. The number of hydrogen-bond acceptors (Lipinski definition) is 4. The lowest BCUT2D eigenvalue weighted by Crippen LogP contribution is -2.24. The van der Waals surface area contributed by atoms with E-state index in [0.29, 0.717) is 17.4 Å². The van der Waals surface area contributed by atoms with Crippen LogP contribution in [0, 0.1) is 6.92 Å². The maximum atomic E-state index is 11.8. The van der Waals surface area contributed by atoms with E-state index in [1.165, 1.54) is 0 Å². The van der Waals surface area contributed by atoms with Gasteiger partial charge in [-0.15, -0.1) is 0 Å². The van der Waals surface area contributed by atoms with Crippen LogP contribution < -0.4 is 14.9 Å². The van der Waals surface area contributed by atoms with Crippen molar-refractivity contribution in [3.05, 3.63) is 94.5 Å². The van der Waals surface area contributed by atoms with Crippen LogP contribution in [0.4, 0.5) is 0 Å². The molecule has 0 atom stereocenters. The van der Waals surface area contributed by atoms with Crippen molar-refractivity contribution in [2.45, 2.75) is 13.5 Å². The molecule has 3 aromatic carbocycles. The van der Waals surface area contributed by atoms with E-state index in [4.69, 9.17) is 21.1 Å². The molecule has 0 saturated heterocycles. The molecule has 0 unspecified atom stereocenters. The first-order chi connectivity index (χ1) is 14.1. The average Bonchev–Trinajstić information content (AvgIpc) is 2.74. The van der Waals surface area contributed by atoms with Crippen LogP contribution in [0.2, 0.25) is 5.02 Å². The molecule has 0 aliphatic heterocycles. The monoisotopic (exact) mass is 408 g/mol. The summed E-state index contributed by atoms with van der Waals surface area (Å²) in [7, 11) is 0. The van der Waals surface area contributed by atoms with Gasteiger partial charge in [0.1, 0.15) is 18.1 Å². The van der Waals surface area contributed by atoms with Crippen LogP contribution in [0.15, 0.2) is 77.9 Å². The van der Waals surface area contributed by atoms with Gasteiger partial charge >= 0.3 is 0 Å². The van der Waals surface area contributed by atoms with Gasteiger partial charge in [-0.2, -0.15) is 5.10 Å². The summed E-state index contributed by atoms with van der Waals surface area (Å²) in [6.07, 6.45) is 1.56. The Hall–Kier alpha value is -3.31. The summed E-state index contributed by atoms with van der Waals surface area (Å²) in [6.45, 7) is 2.35. The fraction of sp³-hybridized carbons (Fsp3) is 0.130. The van der Waals surface area contributed by atoms with Gasteiger partial charge in [0.2, 0.25) is 0 Å². The van der Waals surface area contributed by atoms with Crippen LogP contribution in [0.25, 0.3) is 0 Å². The smallest absolute Gasteiger partial charge is 0.277 e. The number of hydrogen-bond donors (Lipinski definition) is 1. The number of benzene rings is 3. The van der Waals surface area contributed by atoms with Crippen LogP contribution in [-0.4, -0.2) is 18.7 Å². The number of rotatable bonds is 8. The van der Waals surface area contributed by atoms with E-state index >= 15 is 0 Å². The molecule has 0 aliphatic rings. The van der Waals surface area contributed by atoms with Gasteiger partial charge in [0.15, 0.2) is 6.61 Å². The minimum Gasteiger partial charge on any atom is -0.489 e. The van der Waals surface area contributed by atoms with Gasteiger partial charge in [-0.05, 0) is 66.6 Å². The molecule has 0 aromatic heterocycles. The maximum Gasteiger partial charge on any atom is 0.277 e. The molecule has 0 spiro atoms. The second-order valence-corrected chi connectivity index (χ2v) is 6.82. The van der Waals surface area contributed by atoms with Crippen molar-refractivity contribution >= 4 is 23.7 Å². The summed E-state index contributed by atoms with van der Waals surface area (Å²) in [5.41, 5.74) is 5.45. The largest absolute Gasteiger partial charge is 0.489 e. The number of hydrazone groups is 1. The van der Waals surface area contributed by atoms with Crippen molar-refractivity contribution in [1.82, 2.24) is 5.43 Å². The predicted molar refractivity (Wildman–Crippen MR) is 115 cm³/mol. The average molecular weight is 409 g/mol. The molecule has 3 aromatic rings. The lowest BCUT2D eigenvalue weighted by molar-refractivity contribution is -0.123. The van der Waals surface area contributed by atoms with Crippen molar-refractivity contribution in [3.63, 3.8) is 0 Å². The molecule has 0 bridgehead atoms. The number of nitrogens with zero attached hydrogens (tertiary/aromatic N) is 1. The van der Waals surface area contributed by atoms with Crippen molar-refractivity contribution in [1.29, 1.82) is 0 Å². The number of ether oxygens (including phenoxy) is 2. The zero-order chi connectivity index (χ0) is 20.5. The highest BCUT2D eigenvalue weighted by atomic mass is 35.5. The van der Waals surface area contributed by atoms with Gasteiger partial charge in [-0.25, -0.2) is 5.43 Å². The van der Waals surface area contributed by atoms with Crippen molar-refractivity contribution in [2.24, 2.45) is 5.10 Å². The SMILES string of the molecule is Cc1ccc(OCC(=O)N/N=C/c2ccc(OCc3ccc(Cl)cc3)cc2)cc1. The van der Waals surface area contributed by atoms with E-state index < -0.39 is 0 Å². The minimum absolute atomic E-state index is 0.0993. The Labute approximate surface area is 174 Å². The summed E-state index contributed by atoms with van der Waals surface area (Å²) in [4.78, 5) is 11.8. The standard InChI is InChI=1S/C23H21ClN2O3/c1-17-2-10-21(11-3-17)29-16-23(27)26-25-14-18-6-12-22(13-7-18)28-15-19-4-8-20(24)9-5-19/h2-14H,15-16H2,1H3,(H,26,27)/b25-14+. The fourth-order valence-corrected chi connectivity index (χ4v) is 2.52. The Morgan fingerprint density at radius 2 is 1.55 bits per heavy atom. The summed E-state index contributed by atoms with van der Waals surface area (Å²) in [6, 6.07) is 22.4. The molecule has 0 aliphatic carbocycles. The second kappa shape index (κ2) is 10.3. The van der Waals surface area contributed by atoms with E-state index in [2.05, 4.69) is 10.5 Å². The van der Waals surface area contributed by atoms with E-state index in [1.54, 1.807) is 6.21 Å². The highest BCUT2D eigenvalue weighted by Gasteiger charge is 2.01. The zero-order valence-electron chi connectivity index (χ0n) is 16.0. The molecular weight excluding hydrogens is 388 g/mol. The van der Waals surface area contributed by atoms with Gasteiger partial charge < -0.3 is 9.47 Å². The minimum atomic E-state index is -0.329. The molecule has 0 radical (unpaired) electrons. The van der Waals surface area contributed by atoms with E-state index in [0.717, 1.165) is 22.4 Å². The normalized spacial score (nSPS) is 10.7. The van der Waals surface area contributed by atoms with Gasteiger partial charge in [-0.1, -0.05) is 41.4 Å². The van der Waals surface area contributed by atoms with E-state index in [9.17, 15) is 4.79 Å². The first-order valence-corrected chi connectivity index (χ1v) is 9.45. The van der Waals surface area contributed by atoms with Crippen LogP contribution in [-0.2, 0) is 11.4 Å². The molecule has 0 heterocycles. The second-order valence-electron chi connectivity index (χ2n) is 6.38. The Kier molecular flexibility index (Phi) is 7.25. The van der Waals surface area contributed by atoms with Crippen LogP contribution in [0.5, 0.6) is 11.5 Å². The maximum absolute atomic E-state index is 11.8. The molecule has 29 heavy (non-hydrogen) atoms. The Bertz CT molecular complexity index is 953. The highest BCUT2D eigenvalue weighted by molar-refractivity contribution is 6.30. The number of halogens is 1. The topological polar surface area (TPSA) is 59.9 Å². The van der Waals surface area contributed by atoms with Crippen LogP contribution in [0.1, 0.15) is 16.7 Å². The Morgan fingerprint density at radius 1 is 0.931 bits per heavy atom. The molecule has 6 heteroatoms. The molecule has 1 N–H and O–H groups in total. The molecule has 0 fully saturated rings. The number of carbonyl (C=O) groups is 1. The van der Waals surface area contributed by atoms with Crippen LogP contribution in [0.3, 0.4) is 0 Å². The van der Waals surface area contributed by atoms with Gasteiger partial charge in [0, 0.05) is 5.02 Å². The summed E-state index contributed by atoms with van der Waals surface area (Å²) in [5.74, 6) is 1.06. The first kappa shape index (κ1) is 20.4. The molecule has 3 rings (SSSR count). The molecule has 148 valence electrons. The molecular formula is C23H21ClN2O3. The van der Waals surface area contributed by atoms with Gasteiger partial charge in [0.25, 0.3) is 5.91 Å². The quantitative estimate of drug-likeness (QED) is 0.432. The first-order valence-electron chi connectivity index (χ1n) is 9.07. The summed E-state index contributed by atoms with van der Waals surface area (Å²) in [5, 5.41) is 4.64. The van der Waals surface area contributed by atoms with Gasteiger partial charge in [-0.3, -0.25) is 4.79 Å². The fourth-order valence-electron chi connectivity index (χ4n) is 2.39. The van der Waals surface area contributed by atoms with E-state index in [1.807, 2.05) is 79.7 Å². The number of carbonyl (C=O) groups excluding carboxylic acids is 1. The van der Waals surface area contributed by atoms with Crippen molar-refractivity contribution in [3.8, 4) is 11.5 Å². The Morgan fingerprint density at radius 3 is 2.24 bits per heavy atom. The third kappa shape index (κ3) is 6.97. The number of amides is 1. The third-order valence-electron chi connectivity index (χ3n) is 3.99. The molecule has 1 amide bonds. The number of aryl methyl sites for hydroxylation is 1. The molecule has 5 nitrogen and oxygen atoms in total. The summed E-state index contributed by atoms with van der Waals surface area (Å²) >= 11 is 5.87. The third-order valence-corrected chi connectivity index (χ3v) is 4.24. The lowest BCUT2D eigenvalue weighted by atomic mass is 10.2. The summed E-state index contributed by atoms with van der Waals surface area (Å²) < 4.78 is 11.1. The Balaban J connectivity index is 1.41. The zero-order valence-corrected chi connectivity index (χ0v) is 16.7. The van der Waals surface area contributed by atoms with Gasteiger partial charge in [0.05, 0.1) is 6.21 Å². The van der Waals surface area contributed by atoms with Crippen molar-refractivity contribution in [2.75, 3.05) is 6.61 Å². The van der Waals surface area contributed by atoms with E-state index in [-0.39, 0.29) is 12.5 Å². The predicted octanol–water partition coefficient (Wildman–Crippen LogP) is 4.76. The molecule has 0 saturated carbocycles. The van der Waals surface area contributed by atoms with Crippen molar-refractivity contribution < 1.29 is 14.3 Å². The van der Waals surface area contributed by atoms with Crippen LogP contribution >= 0.6 is 11.6 Å². The number of nitrogens with one attached hydrogen (secondary N) is 1. The lowest BCUT2D eigenvalue weighted by Gasteiger charge is -2.07.